The molecule has 0 spiro atoms. The van der Waals surface area contributed by atoms with E-state index in [0.717, 1.165) is 23.0 Å². The first-order valence-electron chi connectivity index (χ1n) is 6.92. The van der Waals surface area contributed by atoms with E-state index in [-0.39, 0.29) is 17.3 Å². The molecule has 0 amide bonds. The average Bonchev–Trinajstić information content (AvgIpc) is 2.83. The summed E-state index contributed by atoms with van der Waals surface area (Å²) in [5.41, 5.74) is -1.77. The third kappa shape index (κ3) is 2.86. The van der Waals surface area contributed by atoms with Crippen LogP contribution in [0.4, 0.5) is 26.3 Å². The maximum atomic E-state index is 13.0. The number of alkyl halides is 6. The summed E-state index contributed by atoms with van der Waals surface area (Å²) in [6.45, 7) is 0. The molecule has 1 nitrogen and oxygen atoms in total. The topological polar surface area (TPSA) is 4.93 Å². The van der Waals surface area contributed by atoms with Crippen molar-refractivity contribution in [3.63, 3.8) is 0 Å². The van der Waals surface area contributed by atoms with Crippen LogP contribution in [0.25, 0.3) is 22.2 Å². The van der Waals surface area contributed by atoms with Gasteiger partial charge in [0.1, 0.15) is 0 Å². The number of hydrogen-bond donors (Lipinski definition) is 0. The number of aryl methyl sites for hydroxylation is 1. The third-order valence-electron chi connectivity index (χ3n) is 3.84. The summed E-state index contributed by atoms with van der Waals surface area (Å²) in [4.78, 5) is 0. The SMILES string of the molecule is Cn1c(-c2cc(C(F)(F)F)cc(C(F)(F)F)c2)cc2ccccc21. The number of rotatable bonds is 1. The van der Waals surface area contributed by atoms with Crippen LogP contribution in [0.15, 0.2) is 48.5 Å². The number of aromatic nitrogens is 1. The molecular weight excluding hydrogens is 332 g/mol. The van der Waals surface area contributed by atoms with Crippen LogP contribution in [0.1, 0.15) is 11.1 Å². The van der Waals surface area contributed by atoms with Gasteiger partial charge in [0.05, 0.1) is 11.1 Å². The summed E-state index contributed by atoms with van der Waals surface area (Å²) in [5, 5.41) is 0.737. The largest absolute Gasteiger partial charge is 0.416 e. The van der Waals surface area contributed by atoms with E-state index in [4.69, 9.17) is 0 Å². The van der Waals surface area contributed by atoms with Crippen molar-refractivity contribution >= 4 is 10.9 Å². The van der Waals surface area contributed by atoms with E-state index in [2.05, 4.69) is 0 Å². The maximum Gasteiger partial charge on any atom is 0.416 e. The number of para-hydroxylation sites is 1. The van der Waals surface area contributed by atoms with Gasteiger partial charge in [0, 0.05) is 23.6 Å². The molecule has 0 bridgehead atoms. The average molecular weight is 343 g/mol. The standard InChI is InChI=1S/C17H11F6N/c1-24-14-5-3-2-4-10(14)8-15(24)11-6-12(16(18,19)20)9-13(7-11)17(21,22)23/h2-9H,1H3. The zero-order chi connectivity index (χ0) is 17.7. The maximum absolute atomic E-state index is 13.0. The number of fused-ring (bicyclic) bond motifs is 1. The third-order valence-corrected chi connectivity index (χ3v) is 3.84. The minimum atomic E-state index is -4.86. The Labute approximate surface area is 133 Å². The quantitative estimate of drug-likeness (QED) is 0.486. The zero-order valence-corrected chi connectivity index (χ0v) is 12.3. The highest BCUT2D eigenvalue weighted by Crippen LogP contribution is 2.39. The lowest BCUT2D eigenvalue weighted by Gasteiger charge is -2.14. The highest BCUT2D eigenvalue weighted by molar-refractivity contribution is 5.87. The van der Waals surface area contributed by atoms with Crippen LogP contribution in [-0.4, -0.2) is 4.57 Å². The molecule has 0 N–H and O–H groups in total. The van der Waals surface area contributed by atoms with Gasteiger partial charge in [0.15, 0.2) is 0 Å². The summed E-state index contributed by atoms with van der Waals surface area (Å²) in [6, 6.07) is 10.2. The lowest BCUT2D eigenvalue weighted by atomic mass is 10.0. The van der Waals surface area contributed by atoms with Crippen LogP contribution in [-0.2, 0) is 19.4 Å². The predicted octanol–water partition coefficient (Wildman–Crippen LogP) is 5.88. The Morgan fingerprint density at radius 1 is 0.750 bits per heavy atom. The second-order valence-corrected chi connectivity index (χ2v) is 5.44. The molecule has 0 radical (unpaired) electrons. The van der Waals surface area contributed by atoms with Gasteiger partial charge in [-0.15, -0.1) is 0 Å². The Morgan fingerprint density at radius 3 is 1.79 bits per heavy atom. The molecular formula is C17H11F6N. The first-order chi connectivity index (χ1) is 11.1. The molecule has 3 rings (SSSR count). The molecule has 24 heavy (non-hydrogen) atoms. The van der Waals surface area contributed by atoms with E-state index in [9.17, 15) is 26.3 Å². The van der Waals surface area contributed by atoms with Gasteiger partial charge in [0.25, 0.3) is 0 Å². The fourth-order valence-corrected chi connectivity index (χ4v) is 2.67. The number of halogens is 6. The van der Waals surface area contributed by atoms with Crippen LogP contribution in [0.3, 0.4) is 0 Å². The molecule has 1 aromatic heterocycles. The first-order valence-corrected chi connectivity index (χ1v) is 6.92. The molecule has 3 aromatic rings. The molecule has 0 aliphatic heterocycles. The smallest absolute Gasteiger partial charge is 0.344 e. The number of benzene rings is 2. The van der Waals surface area contributed by atoms with Crippen molar-refractivity contribution in [3.8, 4) is 11.3 Å². The van der Waals surface area contributed by atoms with Crippen LogP contribution >= 0.6 is 0 Å². The Kier molecular flexibility index (Phi) is 3.62. The monoisotopic (exact) mass is 343 g/mol. The van der Waals surface area contributed by atoms with Crippen LogP contribution in [0.5, 0.6) is 0 Å². The van der Waals surface area contributed by atoms with Gasteiger partial charge in [-0.2, -0.15) is 26.3 Å². The molecule has 0 atom stereocenters. The second kappa shape index (κ2) is 5.29. The molecule has 2 aromatic carbocycles. The normalized spacial score (nSPS) is 12.8. The van der Waals surface area contributed by atoms with Crippen LogP contribution in [0.2, 0.25) is 0 Å². The van der Waals surface area contributed by atoms with E-state index >= 15 is 0 Å². The summed E-state index contributed by atoms with van der Waals surface area (Å²) in [5.74, 6) is 0. The predicted molar refractivity (Wildman–Crippen MR) is 78.4 cm³/mol. The summed E-state index contributed by atoms with van der Waals surface area (Å²) < 4.78 is 79.5. The van der Waals surface area contributed by atoms with Gasteiger partial charge < -0.3 is 4.57 Å². The first kappa shape index (κ1) is 16.4. The highest BCUT2D eigenvalue weighted by Gasteiger charge is 2.37. The number of hydrogen-bond acceptors (Lipinski definition) is 0. The summed E-state index contributed by atoms with van der Waals surface area (Å²) in [6.07, 6.45) is -9.72. The molecule has 126 valence electrons. The molecule has 0 aliphatic carbocycles. The Hall–Kier alpha value is -2.44. The van der Waals surface area contributed by atoms with Crippen molar-refractivity contribution in [1.29, 1.82) is 0 Å². The minimum Gasteiger partial charge on any atom is -0.344 e. The Balaban J connectivity index is 2.28. The van der Waals surface area contributed by atoms with Crippen molar-refractivity contribution in [3.05, 3.63) is 59.7 Å². The number of nitrogens with zero attached hydrogens (tertiary/aromatic N) is 1. The molecule has 0 saturated heterocycles. The van der Waals surface area contributed by atoms with Gasteiger partial charge in [-0.05, 0) is 35.9 Å². The van der Waals surface area contributed by atoms with Crippen molar-refractivity contribution in [1.82, 2.24) is 4.57 Å². The van der Waals surface area contributed by atoms with Crippen molar-refractivity contribution in [2.75, 3.05) is 0 Å². The lowest BCUT2D eigenvalue weighted by Crippen LogP contribution is -2.11. The molecule has 7 heteroatoms. The summed E-state index contributed by atoms with van der Waals surface area (Å²) >= 11 is 0. The fourth-order valence-electron chi connectivity index (χ4n) is 2.67. The molecule has 0 aliphatic rings. The van der Waals surface area contributed by atoms with Crippen molar-refractivity contribution in [2.24, 2.45) is 7.05 Å². The van der Waals surface area contributed by atoms with Crippen LogP contribution < -0.4 is 0 Å². The van der Waals surface area contributed by atoms with E-state index in [1.165, 1.54) is 0 Å². The van der Waals surface area contributed by atoms with Crippen molar-refractivity contribution in [2.45, 2.75) is 12.4 Å². The molecule has 0 unspecified atom stereocenters. The Bertz CT molecular complexity index is 869. The molecule has 0 fully saturated rings. The van der Waals surface area contributed by atoms with E-state index in [1.54, 1.807) is 41.9 Å². The van der Waals surface area contributed by atoms with Crippen molar-refractivity contribution < 1.29 is 26.3 Å². The van der Waals surface area contributed by atoms with Gasteiger partial charge in [-0.3, -0.25) is 0 Å². The minimum absolute atomic E-state index is 0.129. The van der Waals surface area contributed by atoms with Gasteiger partial charge in [0.2, 0.25) is 0 Å². The lowest BCUT2D eigenvalue weighted by molar-refractivity contribution is -0.143. The second-order valence-electron chi connectivity index (χ2n) is 5.44. The van der Waals surface area contributed by atoms with E-state index in [1.807, 2.05) is 0 Å². The Morgan fingerprint density at radius 2 is 1.29 bits per heavy atom. The highest BCUT2D eigenvalue weighted by atomic mass is 19.4. The van der Waals surface area contributed by atoms with Gasteiger partial charge >= 0.3 is 12.4 Å². The molecule has 1 heterocycles. The van der Waals surface area contributed by atoms with E-state index in [0.29, 0.717) is 0 Å². The molecule has 0 saturated carbocycles. The van der Waals surface area contributed by atoms with E-state index < -0.39 is 23.5 Å². The van der Waals surface area contributed by atoms with Crippen LogP contribution in [0, 0.1) is 0 Å². The zero-order valence-electron chi connectivity index (χ0n) is 12.3. The fraction of sp³-hybridized carbons (Fsp3) is 0.176. The summed E-state index contributed by atoms with van der Waals surface area (Å²) in [7, 11) is 1.60. The van der Waals surface area contributed by atoms with Gasteiger partial charge in [-0.25, -0.2) is 0 Å². The van der Waals surface area contributed by atoms with Gasteiger partial charge in [-0.1, -0.05) is 18.2 Å².